The molecule has 0 unspecified atom stereocenters. The molecule has 0 radical (unpaired) electrons. The maximum absolute atomic E-state index is 12.3. The summed E-state index contributed by atoms with van der Waals surface area (Å²) in [5, 5.41) is 0. The van der Waals surface area contributed by atoms with Crippen LogP contribution in [0.2, 0.25) is 0 Å². The van der Waals surface area contributed by atoms with Crippen LogP contribution in [-0.2, 0) is 17.9 Å². The van der Waals surface area contributed by atoms with Gasteiger partial charge in [-0.05, 0) is 32.8 Å². The minimum absolute atomic E-state index is 0.0179. The topological polar surface area (TPSA) is 68.3 Å². The van der Waals surface area contributed by atoms with E-state index in [-0.39, 0.29) is 24.6 Å². The summed E-state index contributed by atoms with van der Waals surface area (Å²) in [5.41, 5.74) is 6.73. The summed E-state index contributed by atoms with van der Waals surface area (Å²) in [4.78, 5) is 26.3. The Morgan fingerprint density at radius 3 is 2.68 bits per heavy atom. The van der Waals surface area contributed by atoms with E-state index in [0.29, 0.717) is 18.2 Å². The molecule has 1 aliphatic rings. The molecule has 19 heavy (non-hydrogen) atoms. The summed E-state index contributed by atoms with van der Waals surface area (Å²) in [5.74, 6) is 0.0179. The largest absolute Gasteiger partial charge is 0.338 e. The van der Waals surface area contributed by atoms with Gasteiger partial charge in [0.05, 0.1) is 0 Å². The van der Waals surface area contributed by atoms with Crippen molar-refractivity contribution in [2.45, 2.75) is 45.8 Å². The third-order valence-corrected chi connectivity index (χ3v) is 3.63. The van der Waals surface area contributed by atoms with Crippen LogP contribution >= 0.6 is 0 Å². The van der Waals surface area contributed by atoms with E-state index in [1.165, 1.54) is 4.57 Å². The van der Waals surface area contributed by atoms with Gasteiger partial charge in [0.25, 0.3) is 5.56 Å². The van der Waals surface area contributed by atoms with Crippen molar-refractivity contribution in [2.24, 2.45) is 5.73 Å². The summed E-state index contributed by atoms with van der Waals surface area (Å²) in [6.07, 6.45) is 2.16. The lowest BCUT2D eigenvalue weighted by Gasteiger charge is -2.21. The number of aromatic nitrogens is 1. The standard InChI is InChI=1S/C14H21N3O2/c1-3-16(12-6-7-12)13(18)9-17-10(2)4-5-11(8-15)14(17)19/h4-5,12H,3,6-9,15H2,1-2H3. The SMILES string of the molecule is CCN(C(=O)Cn1c(C)ccc(CN)c1=O)C1CC1. The van der Waals surface area contributed by atoms with Gasteiger partial charge >= 0.3 is 0 Å². The number of hydrogen-bond donors (Lipinski definition) is 1. The number of carbonyl (C=O) groups excluding carboxylic acids is 1. The van der Waals surface area contributed by atoms with Crippen LogP contribution in [0.5, 0.6) is 0 Å². The minimum Gasteiger partial charge on any atom is -0.338 e. The molecule has 0 aliphatic heterocycles. The lowest BCUT2D eigenvalue weighted by molar-refractivity contribution is -0.132. The Hall–Kier alpha value is -1.62. The number of aryl methyl sites for hydroxylation is 1. The summed E-state index contributed by atoms with van der Waals surface area (Å²) < 4.78 is 1.52. The molecule has 104 valence electrons. The summed E-state index contributed by atoms with van der Waals surface area (Å²) in [6.45, 7) is 4.83. The molecular formula is C14H21N3O2. The van der Waals surface area contributed by atoms with Crippen molar-refractivity contribution < 1.29 is 4.79 Å². The van der Waals surface area contributed by atoms with Gasteiger partial charge in [-0.15, -0.1) is 0 Å². The Bertz CT molecular complexity index is 532. The van der Waals surface area contributed by atoms with Crippen LogP contribution in [-0.4, -0.2) is 28.0 Å². The van der Waals surface area contributed by atoms with Crippen LogP contribution < -0.4 is 11.3 Å². The highest BCUT2D eigenvalue weighted by molar-refractivity contribution is 5.76. The molecule has 0 aromatic carbocycles. The predicted octanol–water partition coefficient (Wildman–Crippen LogP) is 0.626. The van der Waals surface area contributed by atoms with E-state index < -0.39 is 0 Å². The lowest BCUT2D eigenvalue weighted by atomic mass is 10.2. The molecule has 1 aliphatic carbocycles. The van der Waals surface area contributed by atoms with E-state index in [1.54, 1.807) is 6.07 Å². The average Bonchev–Trinajstić information content (AvgIpc) is 3.20. The molecule has 1 fully saturated rings. The third kappa shape index (κ3) is 2.87. The van der Waals surface area contributed by atoms with Crippen LogP contribution in [0, 0.1) is 6.92 Å². The van der Waals surface area contributed by atoms with Gasteiger partial charge in [0, 0.05) is 30.4 Å². The molecule has 1 saturated carbocycles. The first-order valence-corrected chi connectivity index (χ1v) is 6.77. The fourth-order valence-electron chi connectivity index (χ4n) is 2.32. The molecule has 1 heterocycles. The highest BCUT2D eigenvalue weighted by Crippen LogP contribution is 2.26. The van der Waals surface area contributed by atoms with Crippen molar-refractivity contribution in [2.75, 3.05) is 6.54 Å². The number of pyridine rings is 1. The molecule has 2 N–H and O–H groups in total. The van der Waals surface area contributed by atoms with E-state index in [9.17, 15) is 9.59 Å². The molecular weight excluding hydrogens is 242 g/mol. The Morgan fingerprint density at radius 2 is 2.16 bits per heavy atom. The number of amides is 1. The maximum atomic E-state index is 12.3. The number of likely N-dealkylation sites (N-methyl/N-ethyl adjacent to an activating group) is 1. The molecule has 5 nitrogen and oxygen atoms in total. The first kappa shape index (κ1) is 13.8. The van der Waals surface area contributed by atoms with E-state index in [2.05, 4.69) is 0 Å². The van der Waals surface area contributed by atoms with E-state index in [1.807, 2.05) is 24.8 Å². The second kappa shape index (κ2) is 5.57. The van der Waals surface area contributed by atoms with Crippen LogP contribution in [0.4, 0.5) is 0 Å². The fraction of sp³-hybridized carbons (Fsp3) is 0.571. The van der Waals surface area contributed by atoms with Gasteiger partial charge in [0.2, 0.25) is 5.91 Å². The van der Waals surface area contributed by atoms with E-state index >= 15 is 0 Å². The summed E-state index contributed by atoms with van der Waals surface area (Å²) in [7, 11) is 0. The van der Waals surface area contributed by atoms with Crippen molar-refractivity contribution in [3.05, 3.63) is 33.7 Å². The Morgan fingerprint density at radius 1 is 1.47 bits per heavy atom. The van der Waals surface area contributed by atoms with Crippen molar-refractivity contribution in [1.82, 2.24) is 9.47 Å². The molecule has 0 atom stereocenters. The van der Waals surface area contributed by atoms with Crippen molar-refractivity contribution in [3.8, 4) is 0 Å². The van der Waals surface area contributed by atoms with Gasteiger partial charge in [0.1, 0.15) is 6.54 Å². The maximum Gasteiger partial charge on any atom is 0.255 e. The van der Waals surface area contributed by atoms with E-state index in [4.69, 9.17) is 5.73 Å². The zero-order valence-corrected chi connectivity index (χ0v) is 11.6. The van der Waals surface area contributed by atoms with Gasteiger partial charge in [-0.1, -0.05) is 6.07 Å². The second-order valence-corrected chi connectivity index (χ2v) is 5.01. The first-order chi connectivity index (χ1) is 9.08. The normalized spacial score (nSPS) is 14.5. The number of hydrogen-bond acceptors (Lipinski definition) is 3. The smallest absolute Gasteiger partial charge is 0.255 e. The quantitative estimate of drug-likeness (QED) is 0.847. The zero-order chi connectivity index (χ0) is 14.0. The van der Waals surface area contributed by atoms with E-state index in [0.717, 1.165) is 18.5 Å². The number of rotatable bonds is 5. The number of carbonyl (C=O) groups is 1. The highest BCUT2D eigenvalue weighted by atomic mass is 16.2. The molecule has 1 amide bonds. The van der Waals surface area contributed by atoms with Crippen LogP contribution in [0.15, 0.2) is 16.9 Å². The van der Waals surface area contributed by atoms with Gasteiger partial charge in [-0.25, -0.2) is 0 Å². The first-order valence-electron chi connectivity index (χ1n) is 6.77. The Kier molecular flexibility index (Phi) is 4.04. The van der Waals surface area contributed by atoms with Gasteiger partial charge in [-0.3, -0.25) is 9.59 Å². The summed E-state index contributed by atoms with van der Waals surface area (Å²) >= 11 is 0. The fourth-order valence-corrected chi connectivity index (χ4v) is 2.32. The molecule has 1 aromatic heterocycles. The van der Waals surface area contributed by atoms with Crippen LogP contribution in [0.1, 0.15) is 31.0 Å². The average molecular weight is 263 g/mol. The minimum atomic E-state index is -0.150. The molecule has 0 spiro atoms. The van der Waals surface area contributed by atoms with Crippen molar-refractivity contribution in [3.63, 3.8) is 0 Å². The molecule has 2 rings (SSSR count). The van der Waals surface area contributed by atoms with Gasteiger partial charge in [0.15, 0.2) is 0 Å². The number of nitrogens with zero attached hydrogens (tertiary/aromatic N) is 2. The summed E-state index contributed by atoms with van der Waals surface area (Å²) in [6, 6.07) is 3.95. The zero-order valence-electron chi connectivity index (χ0n) is 11.6. The van der Waals surface area contributed by atoms with Crippen LogP contribution in [0.3, 0.4) is 0 Å². The Balaban J connectivity index is 2.22. The number of nitrogens with two attached hydrogens (primary N) is 1. The predicted molar refractivity (Wildman–Crippen MR) is 73.7 cm³/mol. The highest BCUT2D eigenvalue weighted by Gasteiger charge is 2.31. The Labute approximate surface area is 113 Å². The molecule has 0 saturated heterocycles. The molecule has 0 bridgehead atoms. The van der Waals surface area contributed by atoms with Gasteiger partial charge < -0.3 is 15.2 Å². The monoisotopic (exact) mass is 263 g/mol. The van der Waals surface area contributed by atoms with Crippen molar-refractivity contribution in [1.29, 1.82) is 0 Å². The van der Waals surface area contributed by atoms with Gasteiger partial charge in [-0.2, -0.15) is 0 Å². The molecule has 5 heteroatoms. The lowest BCUT2D eigenvalue weighted by Crippen LogP contribution is -2.39. The molecule has 1 aromatic rings. The van der Waals surface area contributed by atoms with Crippen molar-refractivity contribution >= 4 is 5.91 Å². The van der Waals surface area contributed by atoms with Crippen LogP contribution in [0.25, 0.3) is 0 Å². The second-order valence-electron chi connectivity index (χ2n) is 5.01. The third-order valence-electron chi connectivity index (χ3n) is 3.63.